The van der Waals surface area contributed by atoms with Gasteiger partial charge >= 0.3 is 0 Å². The molecule has 0 aromatic heterocycles. The minimum atomic E-state index is -0.0779. The van der Waals surface area contributed by atoms with Crippen LogP contribution in [0.2, 0.25) is 0 Å². The zero-order valence-electron chi connectivity index (χ0n) is 7.27. The Hall–Kier alpha value is -0.0800. The monoisotopic (exact) mass is 154 g/mol. The van der Waals surface area contributed by atoms with Crippen molar-refractivity contribution in [1.82, 2.24) is 5.32 Å². The third-order valence-electron chi connectivity index (χ3n) is 3.27. The number of nitrogens with one attached hydrogen (secondary N) is 1. The molecule has 0 aromatic rings. The lowest BCUT2D eigenvalue weighted by molar-refractivity contribution is 0.174. The third kappa shape index (κ3) is 1.42. The Balaban J connectivity index is 2.02. The highest BCUT2D eigenvalue weighted by Crippen LogP contribution is 2.38. The number of rotatable bonds is 0. The number of fused-ring (bicyclic) bond motifs is 1. The summed E-state index contributed by atoms with van der Waals surface area (Å²) in [6.07, 6.45) is 5.44. The SMILES string of the molecule is CC1(N)CC2CCCC2CN1. The number of piperidine rings is 1. The van der Waals surface area contributed by atoms with Gasteiger partial charge in [0, 0.05) is 0 Å². The first-order valence-electron chi connectivity index (χ1n) is 4.71. The zero-order valence-corrected chi connectivity index (χ0v) is 7.27. The second kappa shape index (κ2) is 2.46. The highest BCUT2D eigenvalue weighted by molar-refractivity contribution is 4.92. The summed E-state index contributed by atoms with van der Waals surface area (Å²) in [5.41, 5.74) is 5.94. The van der Waals surface area contributed by atoms with Crippen LogP contribution in [-0.4, -0.2) is 12.2 Å². The summed E-state index contributed by atoms with van der Waals surface area (Å²) in [7, 11) is 0. The molecule has 2 nitrogen and oxygen atoms in total. The van der Waals surface area contributed by atoms with Crippen LogP contribution in [-0.2, 0) is 0 Å². The van der Waals surface area contributed by atoms with E-state index in [0.29, 0.717) is 0 Å². The van der Waals surface area contributed by atoms with Crippen molar-refractivity contribution in [3.8, 4) is 0 Å². The molecule has 0 bridgehead atoms. The van der Waals surface area contributed by atoms with E-state index in [1.54, 1.807) is 0 Å². The minimum absolute atomic E-state index is 0.0779. The number of nitrogens with two attached hydrogens (primary N) is 1. The van der Waals surface area contributed by atoms with Crippen LogP contribution >= 0.6 is 0 Å². The minimum Gasteiger partial charge on any atom is -0.314 e. The van der Waals surface area contributed by atoms with E-state index in [9.17, 15) is 0 Å². The lowest BCUT2D eigenvalue weighted by Gasteiger charge is -2.38. The molecule has 11 heavy (non-hydrogen) atoms. The van der Waals surface area contributed by atoms with Crippen molar-refractivity contribution in [2.45, 2.75) is 38.3 Å². The van der Waals surface area contributed by atoms with Crippen molar-refractivity contribution in [2.75, 3.05) is 6.54 Å². The molecule has 1 aliphatic carbocycles. The highest BCUT2D eigenvalue weighted by atomic mass is 15.1. The summed E-state index contributed by atoms with van der Waals surface area (Å²) in [6, 6.07) is 0. The Bertz CT molecular complexity index is 154. The molecule has 2 rings (SSSR count). The van der Waals surface area contributed by atoms with E-state index in [1.807, 2.05) is 0 Å². The van der Waals surface area contributed by atoms with Gasteiger partial charge in [0.05, 0.1) is 5.66 Å². The standard InChI is InChI=1S/C9H18N2/c1-9(10)5-7-3-2-4-8(7)6-11-9/h7-8,11H,2-6,10H2,1H3. The number of hydrogen-bond donors (Lipinski definition) is 2. The molecule has 3 unspecified atom stereocenters. The van der Waals surface area contributed by atoms with Crippen molar-refractivity contribution < 1.29 is 0 Å². The van der Waals surface area contributed by atoms with Gasteiger partial charge in [-0.25, -0.2) is 0 Å². The summed E-state index contributed by atoms with van der Waals surface area (Å²) in [5.74, 6) is 1.86. The Labute approximate surface area is 68.5 Å². The van der Waals surface area contributed by atoms with Gasteiger partial charge in [-0.05, 0) is 38.1 Å². The smallest absolute Gasteiger partial charge is 0.0635 e. The van der Waals surface area contributed by atoms with Crippen molar-refractivity contribution in [1.29, 1.82) is 0 Å². The fourth-order valence-corrected chi connectivity index (χ4v) is 2.63. The average molecular weight is 154 g/mol. The molecule has 3 atom stereocenters. The van der Waals surface area contributed by atoms with Crippen LogP contribution in [0.3, 0.4) is 0 Å². The largest absolute Gasteiger partial charge is 0.314 e. The Morgan fingerprint density at radius 1 is 1.36 bits per heavy atom. The maximum Gasteiger partial charge on any atom is 0.0635 e. The predicted molar refractivity (Wildman–Crippen MR) is 46.0 cm³/mol. The molecule has 2 fully saturated rings. The second-order valence-electron chi connectivity index (χ2n) is 4.45. The zero-order chi connectivity index (χ0) is 7.90. The predicted octanol–water partition coefficient (Wildman–Crippen LogP) is 1.07. The lowest BCUT2D eigenvalue weighted by atomic mass is 9.83. The van der Waals surface area contributed by atoms with Crippen molar-refractivity contribution in [3.63, 3.8) is 0 Å². The molecule has 1 aliphatic heterocycles. The van der Waals surface area contributed by atoms with E-state index in [-0.39, 0.29) is 5.66 Å². The molecule has 64 valence electrons. The molecule has 0 radical (unpaired) electrons. The van der Waals surface area contributed by atoms with Crippen LogP contribution in [0.5, 0.6) is 0 Å². The molecule has 3 N–H and O–H groups in total. The summed E-state index contributed by atoms with van der Waals surface area (Å²) >= 11 is 0. The van der Waals surface area contributed by atoms with Gasteiger partial charge in [-0.2, -0.15) is 0 Å². The molecule has 0 aromatic carbocycles. The summed E-state index contributed by atoms with van der Waals surface area (Å²) in [6.45, 7) is 3.26. The van der Waals surface area contributed by atoms with Crippen molar-refractivity contribution in [3.05, 3.63) is 0 Å². The van der Waals surface area contributed by atoms with Crippen LogP contribution in [0.25, 0.3) is 0 Å². The van der Waals surface area contributed by atoms with Gasteiger partial charge in [-0.3, -0.25) is 5.32 Å². The normalized spacial score (nSPS) is 50.7. The Morgan fingerprint density at radius 2 is 2.09 bits per heavy atom. The highest BCUT2D eigenvalue weighted by Gasteiger charge is 2.37. The second-order valence-corrected chi connectivity index (χ2v) is 4.45. The first-order valence-corrected chi connectivity index (χ1v) is 4.71. The maximum absolute atomic E-state index is 6.02. The average Bonchev–Trinajstić information content (AvgIpc) is 2.31. The quantitative estimate of drug-likeness (QED) is 0.548. The summed E-state index contributed by atoms with van der Waals surface area (Å²) in [5, 5.41) is 3.41. The molecular formula is C9H18N2. The van der Waals surface area contributed by atoms with Crippen LogP contribution in [0.15, 0.2) is 0 Å². The van der Waals surface area contributed by atoms with E-state index < -0.39 is 0 Å². The molecule has 1 heterocycles. The molecule has 0 spiro atoms. The van der Waals surface area contributed by atoms with Crippen LogP contribution in [0.4, 0.5) is 0 Å². The van der Waals surface area contributed by atoms with Gasteiger partial charge in [-0.15, -0.1) is 0 Å². The molecule has 2 aliphatic rings. The van der Waals surface area contributed by atoms with Gasteiger partial charge < -0.3 is 5.73 Å². The third-order valence-corrected chi connectivity index (χ3v) is 3.27. The molecule has 0 amide bonds. The van der Waals surface area contributed by atoms with E-state index in [4.69, 9.17) is 5.73 Å². The van der Waals surface area contributed by atoms with E-state index in [0.717, 1.165) is 18.4 Å². The number of hydrogen-bond acceptors (Lipinski definition) is 2. The fourth-order valence-electron chi connectivity index (χ4n) is 2.63. The van der Waals surface area contributed by atoms with Gasteiger partial charge in [0.1, 0.15) is 0 Å². The maximum atomic E-state index is 6.02. The first kappa shape index (κ1) is 7.56. The van der Waals surface area contributed by atoms with Crippen LogP contribution < -0.4 is 11.1 Å². The Kier molecular flexibility index (Phi) is 1.69. The van der Waals surface area contributed by atoms with E-state index in [1.165, 1.54) is 25.7 Å². The van der Waals surface area contributed by atoms with Gasteiger partial charge in [0.2, 0.25) is 0 Å². The summed E-state index contributed by atoms with van der Waals surface area (Å²) < 4.78 is 0. The first-order chi connectivity index (χ1) is 5.17. The van der Waals surface area contributed by atoms with Gasteiger partial charge in [-0.1, -0.05) is 12.8 Å². The Morgan fingerprint density at radius 3 is 2.91 bits per heavy atom. The lowest BCUT2D eigenvalue weighted by Crippen LogP contribution is -2.57. The van der Waals surface area contributed by atoms with Gasteiger partial charge in [0.15, 0.2) is 0 Å². The van der Waals surface area contributed by atoms with E-state index >= 15 is 0 Å². The van der Waals surface area contributed by atoms with Crippen LogP contribution in [0, 0.1) is 11.8 Å². The fraction of sp³-hybridized carbons (Fsp3) is 1.00. The molecule has 1 saturated carbocycles. The topological polar surface area (TPSA) is 38.0 Å². The summed E-state index contributed by atoms with van der Waals surface area (Å²) in [4.78, 5) is 0. The molecule has 2 heteroatoms. The molecular weight excluding hydrogens is 136 g/mol. The van der Waals surface area contributed by atoms with Crippen LogP contribution in [0.1, 0.15) is 32.6 Å². The van der Waals surface area contributed by atoms with Crippen molar-refractivity contribution in [2.24, 2.45) is 17.6 Å². The van der Waals surface area contributed by atoms with Crippen molar-refractivity contribution >= 4 is 0 Å². The van der Waals surface area contributed by atoms with Gasteiger partial charge in [0.25, 0.3) is 0 Å². The van der Waals surface area contributed by atoms with E-state index in [2.05, 4.69) is 12.2 Å². The molecule has 1 saturated heterocycles.